The number of nitrogens with zero attached hydrogens (tertiary/aromatic N) is 1. The lowest BCUT2D eigenvalue weighted by molar-refractivity contribution is 0.0576. The molecule has 0 aromatic carbocycles. The zero-order valence-electron chi connectivity index (χ0n) is 10.00. The van der Waals surface area contributed by atoms with E-state index in [9.17, 15) is 4.79 Å². The molecule has 2 aliphatic rings. The molecular formula is C13H18N2O2. The maximum absolute atomic E-state index is 12.2. The number of hydrogen-bond donors (Lipinski definition) is 1. The van der Waals surface area contributed by atoms with Crippen LogP contribution in [0.3, 0.4) is 0 Å². The number of fused-ring (bicyclic) bond motifs is 1. The molecule has 4 nitrogen and oxygen atoms in total. The Hall–Kier alpha value is -1.29. The van der Waals surface area contributed by atoms with Crippen molar-refractivity contribution in [3.8, 4) is 0 Å². The van der Waals surface area contributed by atoms with E-state index in [0.29, 0.717) is 5.76 Å². The van der Waals surface area contributed by atoms with Gasteiger partial charge in [-0.1, -0.05) is 0 Å². The van der Waals surface area contributed by atoms with Crippen molar-refractivity contribution in [2.75, 3.05) is 13.1 Å². The topological polar surface area (TPSA) is 45.5 Å². The molecule has 3 rings (SSSR count). The second-order valence-electron chi connectivity index (χ2n) is 4.84. The van der Waals surface area contributed by atoms with Gasteiger partial charge < -0.3 is 4.42 Å². The quantitative estimate of drug-likeness (QED) is 0.807. The van der Waals surface area contributed by atoms with E-state index in [1.54, 1.807) is 5.01 Å². The molecule has 0 unspecified atom stereocenters. The Balaban J connectivity index is 1.78. The summed E-state index contributed by atoms with van der Waals surface area (Å²) in [5, 5.41) is 1.69. The smallest absolute Gasteiger partial charge is 0.303 e. The molecule has 1 N–H and O–H groups in total. The highest BCUT2D eigenvalue weighted by atomic mass is 16.4. The highest BCUT2D eigenvalue weighted by molar-refractivity contribution is 5.91. The number of aryl methyl sites for hydroxylation is 2. The third-order valence-electron chi connectivity index (χ3n) is 3.56. The normalized spacial score (nSPS) is 20.1. The summed E-state index contributed by atoms with van der Waals surface area (Å²) < 4.78 is 5.69. The van der Waals surface area contributed by atoms with E-state index in [1.807, 2.05) is 6.07 Å². The van der Waals surface area contributed by atoms with Gasteiger partial charge in [-0.2, -0.15) is 0 Å². The second-order valence-corrected chi connectivity index (χ2v) is 4.84. The van der Waals surface area contributed by atoms with E-state index in [1.165, 1.54) is 18.4 Å². The van der Waals surface area contributed by atoms with E-state index < -0.39 is 0 Å². The molecule has 4 heteroatoms. The molecule has 1 aromatic heterocycles. The predicted octanol–water partition coefficient (Wildman–Crippen LogP) is 1.90. The molecule has 1 saturated heterocycles. The predicted molar refractivity (Wildman–Crippen MR) is 63.6 cm³/mol. The fraction of sp³-hybridized carbons (Fsp3) is 0.615. The van der Waals surface area contributed by atoms with E-state index in [4.69, 9.17) is 4.42 Å². The van der Waals surface area contributed by atoms with Gasteiger partial charge in [0.25, 0.3) is 0 Å². The molecule has 92 valence electrons. The lowest BCUT2D eigenvalue weighted by Crippen LogP contribution is -2.46. The lowest BCUT2D eigenvalue weighted by atomic mass is 9.99. The van der Waals surface area contributed by atoms with Crippen LogP contribution in [-0.2, 0) is 12.8 Å². The molecule has 1 amide bonds. The number of carbonyl (C=O) groups excluding carboxylic acids is 1. The number of amides is 1. The van der Waals surface area contributed by atoms with Crippen molar-refractivity contribution in [2.24, 2.45) is 0 Å². The standard InChI is InChI=1S/C13H18N2O2/c16-13(15-8-4-3-7-14-15)12-9-10-5-1-2-6-11(10)17-12/h9,14H,1-8H2. The third kappa shape index (κ3) is 2.09. The average Bonchev–Trinajstić information content (AvgIpc) is 2.82. The Bertz CT molecular complexity index is 396. The van der Waals surface area contributed by atoms with Gasteiger partial charge >= 0.3 is 5.91 Å². The Labute approximate surface area is 101 Å². The summed E-state index contributed by atoms with van der Waals surface area (Å²) in [4.78, 5) is 12.2. The van der Waals surface area contributed by atoms with Crippen LogP contribution in [-0.4, -0.2) is 24.0 Å². The first-order valence-corrected chi connectivity index (χ1v) is 6.51. The summed E-state index contributed by atoms with van der Waals surface area (Å²) in [6.45, 7) is 1.66. The van der Waals surface area contributed by atoms with Gasteiger partial charge in [-0.3, -0.25) is 9.80 Å². The highest BCUT2D eigenvalue weighted by Gasteiger charge is 2.24. The second kappa shape index (κ2) is 4.53. The molecule has 1 aliphatic carbocycles. The van der Waals surface area contributed by atoms with Crippen LogP contribution in [0.4, 0.5) is 0 Å². The minimum Gasteiger partial charge on any atom is -0.456 e. The molecule has 2 heterocycles. The minimum absolute atomic E-state index is 0.0147. The first-order valence-electron chi connectivity index (χ1n) is 6.51. The highest BCUT2D eigenvalue weighted by Crippen LogP contribution is 2.25. The molecule has 1 fully saturated rings. The maximum atomic E-state index is 12.2. The SMILES string of the molecule is O=C(c1cc2c(o1)CCCC2)N1CCCCN1. The summed E-state index contributed by atoms with van der Waals surface area (Å²) in [6.07, 6.45) is 6.63. The zero-order valence-corrected chi connectivity index (χ0v) is 10.00. The molecule has 0 spiro atoms. The summed E-state index contributed by atoms with van der Waals surface area (Å²) >= 11 is 0. The number of hydrazine groups is 1. The number of nitrogens with one attached hydrogen (secondary N) is 1. The van der Waals surface area contributed by atoms with Crippen LogP contribution in [0, 0.1) is 0 Å². The number of furan rings is 1. The third-order valence-corrected chi connectivity index (χ3v) is 3.56. The summed E-state index contributed by atoms with van der Waals surface area (Å²) in [5.74, 6) is 1.52. The van der Waals surface area contributed by atoms with Crippen LogP contribution in [0.15, 0.2) is 10.5 Å². The Morgan fingerprint density at radius 3 is 2.88 bits per heavy atom. The van der Waals surface area contributed by atoms with Crippen molar-refractivity contribution < 1.29 is 9.21 Å². The van der Waals surface area contributed by atoms with Gasteiger partial charge in [0.1, 0.15) is 5.76 Å². The van der Waals surface area contributed by atoms with Gasteiger partial charge in [-0.25, -0.2) is 5.43 Å². The van der Waals surface area contributed by atoms with E-state index in [2.05, 4.69) is 5.43 Å². The molecule has 17 heavy (non-hydrogen) atoms. The van der Waals surface area contributed by atoms with Gasteiger partial charge in [0.15, 0.2) is 5.76 Å². The van der Waals surface area contributed by atoms with Gasteiger partial charge in [-0.05, 0) is 43.7 Å². The summed E-state index contributed by atoms with van der Waals surface area (Å²) in [6, 6.07) is 1.94. The van der Waals surface area contributed by atoms with Crippen LogP contribution in [0.5, 0.6) is 0 Å². The van der Waals surface area contributed by atoms with Gasteiger partial charge in [-0.15, -0.1) is 0 Å². The van der Waals surface area contributed by atoms with Gasteiger partial charge in [0, 0.05) is 19.5 Å². The largest absolute Gasteiger partial charge is 0.456 e. The van der Waals surface area contributed by atoms with Crippen molar-refractivity contribution in [1.29, 1.82) is 0 Å². The van der Waals surface area contributed by atoms with E-state index in [-0.39, 0.29) is 5.91 Å². The Kier molecular flexibility index (Phi) is 2.89. The average molecular weight is 234 g/mol. The van der Waals surface area contributed by atoms with Crippen LogP contribution >= 0.6 is 0 Å². The van der Waals surface area contributed by atoms with Gasteiger partial charge in [0.05, 0.1) is 0 Å². The van der Waals surface area contributed by atoms with Crippen molar-refractivity contribution in [3.63, 3.8) is 0 Å². The number of rotatable bonds is 1. The molecule has 0 saturated carbocycles. The van der Waals surface area contributed by atoms with Crippen molar-refractivity contribution in [2.45, 2.75) is 38.5 Å². The van der Waals surface area contributed by atoms with Crippen molar-refractivity contribution in [1.82, 2.24) is 10.4 Å². The minimum atomic E-state index is -0.0147. The van der Waals surface area contributed by atoms with E-state index >= 15 is 0 Å². The Morgan fingerprint density at radius 2 is 2.12 bits per heavy atom. The number of carbonyl (C=O) groups is 1. The van der Waals surface area contributed by atoms with Crippen LogP contribution < -0.4 is 5.43 Å². The Morgan fingerprint density at radius 1 is 1.24 bits per heavy atom. The molecule has 1 aromatic rings. The first-order chi connectivity index (χ1) is 8.34. The zero-order chi connectivity index (χ0) is 11.7. The number of hydrogen-bond acceptors (Lipinski definition) is 3. The first kappa shape index (κ1) is 10.8. The molecule has 0 bridgehead atoms. The maximum Gasteiger partial charge on any atom is 0.303 e. The van der Waals surface area contributed by atoms with Crippen LogP contribution in [0.2, 0.25) is 0 Å². The van der Waals surface area contributed by atoms with Crippen LogP contribution in [0.25, 0.3) is 0 Å². The van der Waals surface area contributed by atoms with Crippen molar-refractivity contribution in [3.05, 3.63) is 23.2 Å². The van der Waals surface area contributed by atoms with Gasteiger partial charge in [0.2, 0.25) is 0 Å². The molecule has 0 radical (unpaired) electrons. The van der Waals surface area contributed by atoms with Crippen LogP contribution in [0.1, 0.15) is 47.6 Å². The lowest BCUT2D eigenvalue weighted by Gasteiger charge is -2.26. The van der Waals surface area contributed by atoms with E-state index in [0.717, 1.165) is 44.5 Å². The summed E-state index contributed by atoms with van der Waals surface area (Å²) in [5.41, 5.74) is 4.35. The molecule has 1 aliphatic heterocycles. The monoisotopic (exact) mass is 234 g/mol. The molecule has 0 atom stereocenters. The van der Waals surface area contributed by atoms with Crippen molar-refractivity contribution >= 4 is 5.91 Å². The fourth-order valence-electron chi connectivity index (χ4n) is 2.59. The fourth-order valence-corrected chi connectivity index (χ4v) is 2.59. The molecular weight excluding hydrogens is 216 g/mol. The summed E-state index contributed by atoms with van der Waals surface area (Å²) in [7, 11) is 0.